The van der Waals surface area contributed by atoms with Crippen LogP contribution in [0.1, 0.15) is 36.7 Å². The van der Waals surface area contributed by atoms with Gasteiger partial charge in [-0.1, -0.05) is 24.3 Å². The first-order valence-corrected chi connectivity index (χ1v) is 12.9. The Labute approximate surface area is 206 Å². The number of hydrogen-bond donors (Lipinski definition) is 2. The zero-order valence-corrected chi connectivity index (χ0v) is 20.9. The van der Waals surface area contributed by atoms with Gasteiger partial charge in [-0.3, -0.25) is 9.52 Å². The van der Waals surface area contributed by atoms with E-state index in [0.717, 1.165) is 24.3 Å². The van der Waals surface area contributed by atoms with Crippen LogP contribution in [0.2, 0.25) is 0 Å². The van der Waals surface area contributed by atoms with Crippen molar-refractivity contribution in [1.29, 1.82) is 0 Å². The first kappa shape index (κ1) is 25.8. The van der Waals surface area contributed by atoms with Crippen molar-refractivity contribution < 1.29 is 17.9 Å². The number of para-hydroxylation sites is 1. The maximum absolute atomic E-state index is 12.8. The number of ether oxygens (including phenoxy) is 1. The number of nitrogens with one attached hydrogen (secondary N) is 2. The minimum Gasteiger partial charge on any atom is -0.494 e. The number of anilines is 2. The molecule has 0 radical (unpaired) electrons. The average molecular weight is 495 g/mol. The fourth-order valence-corrected chi connectivity index (χ4v) is 4.52. The Balaban J connectivity index is 1.69. The minimum atomic E-state index is -3.91. The SMILES string of the molecule is CCOc1ccc(S(=O)(=O)Nc2ccccc2C(=O)NN=Cc2ccc(N(CC)CC)cc2)cc1. The highest BCUT2D eigenvalue weighted by atomic mass is 32.2. The van der Waals surface area contributed by atoms with Crippen molar-refractivity contribution in [3.63, 3.8) is 0 Å². The van der Waals surface area contributed by atoms with Gasteiger partial charge >= 0.3 is 0 Å². The summed E-state index contributed by atoms with van der Waals surface area (Å²) in [4.78, 5) is 15.0. The average Bonchev–Trinajstić information content (AvgIpc) is 2.86. The summed E-state index contributed by atoms with van der Waals surface area (Å²) in [6.45, 7) is 8.37. The van der Waals surface area contributed by atoms with Gasteiger partial charge in [-0.05, 0) is 74.9 Å². The smallest absolute Gasteiger partial charge is 0.273 e. The molecule has 3 rings (SSSR count). The van der Waals surface area contributed by atoms with E-state index >= 15 is 0 Å². The van der Waals surface area contributed by atoms with Crippen molar-refractivity contribution >= 4 is 33.5 Å². The van der Waals surface area contributed by atoms with Gasteiger partial charge in [-0.25, -0.2) is 13.8 Å². The fraction of sp³-hybridized carbons (Fsp3) is 0.231. The molecule has 9 heteroatoms. The molecule has 0 bridgehead atoms. The van der Waals surface area contributed by atoms with Gasteiger partial charge in [0.2, 0.25) is 0 Å². The number of sulfonamides is 1. The maximum Gasteiger partial charge on any atom is 0.273 e. The van der Waals surface area contributed by atoms with Crippen LogP contribution in [0.3, 0.4) is 0 Å². The molecule has 0 aliphatic heterocycles. The summed E-state index contributed by atoms with van der Waals surface area (Å²) in [6, 6.07) is 20.3. The van der Waals surface area contributed by atoms with Gasteiger partial charge in [0.25, 0.3) is 15.9 Å². The van der Waals surface area contributed by atoms with E-state index in [-0.39, 0.29) is 16.1 Å². The molecule has 2 N–H and O–H groups in total. The molecule has 0 aliphatic carbocycles. The topological polar surface area (TPSA) is 100 Å². The Morgan fingerprint density at radius 3 is 2.23 bits per heavy atom. The summed E-state index contributed by atoms with van der Waals surface area (Å²) in [6.07, 6.45) is 1.54. The second-order valence-electron chi connectivity index (χ2n) is 7.52. The number of amides is 1. The minimum absolute atomic E-state index is 0.0577. The summed E-state index contributed by atoms with van der Waals surface area (Å²) in [5.74, 6) is 0.0396. The van der Waals surface area contributed by atoms with Crippen molar-refractivity contribution in [2.75, 3.05) is 29.3 Å². The number of nitrogens with zero attached hydrogens (tertiary/aromatic N) is 2. The molecule has 8 nitrogen and oxygen atoms in total. The van der Waals surface area contributed by atoms with Crippen LogP contribution in [0.25, 0.3) is 0 Å². The Kier molecular flexibility index (Phi) is 8.86. The van der Waals surface area contributed by atoms with Crippen LogP contribution in [-0.4, -0.2) is 40.2 Å². The van der Waals surface area contributed by atoms with Gasteiger partial charge in [0.1, 0.15) is 5.75 Å². The van der Waals surface area contributed by atoms with Gasteiger partial charge < -0.3 is 9.64 Å². The van der Waals surface area contributed by atoms with Crippen LogP contribution in [0.15, 0.2) is 82.8 Å². The van der Waals surface area contributed by atoms with Gasteiger partial charge in [0.05, 0.1) is 29.0 Å². The van der Waals surface area contributed by atoms with E-state index in [2.05, 4.69) is 34.0 Å². The number of carbonyl (C=O) groups is 1. The van der Waals surface area contributed by atoms with Crippen molar-refractivity contribution in [2.45, 2.75) is 25.7 Å². The molecule has 0 spiro atoms. The highest BCUT2D eigenvalue weighted by Gasteiger charge is 2.18. The van der Waals surface area contributed by atoms with Crippen LogP contribution in [0.5, 0.6) is 5.75 Å². The number of carbonyl (C=O) groups excluding carboxylic acids is 1. The zero-order chi connectivity index (χ0) is 25.3. The normalized spacial score (nSPS) is 11.3. The standard InChI is InChI=1S/C26H30N4O4S/c1-4-30(5-2)21-13-11-20(12-14-21)19-27-28-26(31)24-9-7-8-10-25(24)29-35(32,33)23-17-15-22(16-18-23)34-6-3/h7-19,29H,4-6H2,1-3H3,(H,28,31). The third kappa shape index (κ3) is 6.83. The molecule has 0 saturated carbocycles. The molecule has 0 aliphatic rings. The van der Waals surface area contributed by atoms with Crippen LogP contribution in [0.4, 0.5) is 11.4 Å². The van der Waals surface area contributed by atoms with Crippen LogP contribution in [0, 0.1) is 0 Å². The summed E-state index contributed by atoms with van der Waals surface area (Å²) < 4.78 is 33.5. The Hall–Kier alpha value is -3.85. The molecule has 35 heavy (non-hydrogen) atoms. The van der Waals surface area contributed by atoms with E-state index in [0.29, 0.717) is 12.4 Å². The summed E-state index contributed by atoms with van der Waals surface area (Å²) >= 11 is 0. The number of hydrazone groups is 1. The molecular formula is C26H30N4O4S. The van der Waals surface area contributed by atoms with Crippen LogP contribution in [-0.2, 0) is 10.0 Å². The monoisotopic (exact) mass is 494 g/mol. The van der Waals surface area contributed by atoms with E-state index in [1.54, 1.807) is 24.3 Å². The van der Waals surface area contributed by atoms with E-state index < -0.39 is 15.9 Å². The van der Waals surface area contributed by atoms with E-state index in [9.17, 15) is 13.2 Å². The number of benzene rings is 3. The van der Waals surface area contributed by atoms with Gasteiger partial charge in [0, 0.05) is 18.8 Å². The molecular weight excluding hydrogens is 464 g/mol. The van der Waals surface area contributed by atoms with Crippen molar-refractivity contribution in [1.82, 2.24) is 5.43 Å². The van der Waals surface area contributed by atoms with Gasteiger partial charge in [-0.2, -0.15) is 5.10 Å². The Morgan fingerprint density at radius 2 is 1.60 bits per heavy atom. The predicted octanol–water partition coefficient (Wildman–Crippen LogP) is 4.50. The molecule has 3 aromatic carbocycles. The Morgan fingerprint density at radius 1 is 0.943 bits per heavy atom. The van der Waals surface area contributed by atoms with Crippen LogP contribution >= 0.6 is 0 Å². The second-order valence-corrected chi connectivity index (χ2v) is 9.20. The first-order chi connectivity index (χ1) is 16.9. The van der Waals surface area contributed by atoms with Crippen molar-refractivity contribution in [2.24, 2.45) is 5.10 Å². The predicted molar refractivity (Wildman–Crippen MR) is 140 cm³/mol. The van der Waals surface area contributed by atoms with E-state index in [1.165, 1.54) is 30.5 Å². The van der Waals surface area contributed by atoms with Crippen molar-refractivity contribution in [3.8, 4) is 5.75 Å². The van der Waals surface area contributed by atoms with Gasteiger partial charge in [0.15, 0.2) is 0 Å². The third-order valence-corrected chi connectivity index (χ3v) is 6.64. The molecule has 184 valence electrons. The molecule has 0 aromatic heterocycles. The van der Waals surface area contributed by atoms with Crippen LogP contribution < -0.4 is 19.8 Å². The Bertz CT molecular complexity index is 1250. The lowest BCUT2D eigenvalue weighted by molar-refractivity contribution is 0.0956. The van der Waals surface area contributed by atoms with E-state index in [1.807, 2.05) is 31.2 Å². The maximum atomic E-state index is 12.8. The molecule has 3 aromatic rings. The van der Waals surface area contributed by atoms with E-state index in [4.69, 9.17) is 4.74 Å². The highest BCUT2D eigenvalue weighted by molar-refractivity contribution is 7.92. The fourth-order valence-electron chi connectivity index (χ4n) is 3.44. The molecule has 0 atom stereocenters. The number of hydrogen-bond acceptors (Lipinski definition) is 6. The molecule has 0 fully saturated rings. The summed E-state index contributed by atoms with van der Waals surface area (Å²) in [5, 5.41) is 4.03. The highest BCUT2D eigenvalue weighted by Crippen LogP contribution is 2.22. The molecule has 0 unspecified atom stereocenters. The number of rotatable bonds is 11. The lowest BCUT2D eigenvalue weighted by atomic mass is 10.2. The molecule has 1 amide bonds. The molecule has 0 saturated heterocycles. The quantitative estimate of drug-likeness (QED) is 0.302. The lowest BCUT2D eigenvalue weighted by Crippen LogP contribution is -2.22. The summed E-state index contributed by atoms with van der Waals surface area (Å²) in [5.41, 5.74) is 4.70. The zero-order valence-electron chi connectivity index (χ0n) is 20.1. The first-order valence-electron chi connectivity index (χ1n) is 11.4. The molecule has 0 heterocycles. The van der Waals surface area contributed by atoms with Crippen molar-refractivity contribution in [3.05, 3.63) is 83.9 Å². The third-order valence-electron chi connectivity index (χ3n) is 5.26. The largest absolute Gasteiger partial charge is 0.494 e. The van der Waals surface area contributed by atoms with Gasteiger partial charge in [-0.15, -0.1) is 0 Å². The second kappa shape index (κ2) is 12.0. The lowest BCUT2D eigenvalue weighted by Gasteiger charge is -2.20. The summed E-state index contributed by atoms with van der Waals surface area (Å²) in [7, 11) is -3.91.